The number of hydrogen-bond donors (Lipinski definition) is 1. The third kappa shape index (κ3) is 5.30. The van der Waals surface area contributed by atoms with E-state index >= 15 is 0 Å². The average molecular weight is 421 g/mol. The van der Waals surface area contributed by atoms with Crippen LogP contribution in [0.15, 0.2) is 54.6 Å². The fourth-order valence-electron chi connectivity index (χ4n) is 5.22. The minimum Gasteiger partial charge on any atom is -0.494 e. The van der Waals surface area contributed by atoms with Gasteiger partial charge in [0.05, 0.1) is 12.0 Å². The van der Waals surface area contributed by atoms with Crippen molar-refractivity contribution in [2.24, 2.45) is 0 Å². The van der Waals surface area contributed by atoms with E-state index in [4.69, 9.17) is 4.74 Å². The van der Waals surface area contributed by atoms with Gasteiger partial charge >= 0.3 is 0 Å². The molecule has 2 aliphatic rings. The van der Waals surface area contributed by atoms with E-state index in [0.717, 1.165) is 62.3 Å². The SMILES string of the molecule is C[C@@H]1CCCCN1CCCOc1ccc(NC(=O)C2(c3ccccc3)CCCC2)cc1. The van der Waals surface area contributed by atoms with Crippen molar-refractivity contribution in [3.8, 4) is 5.75 Å². The molecule has 31 heavy (non-hydrogen) atoms. The van der Waals surface area contributed by atoms with Crippen LogP contribution in [0.5, 0.6) is 5.75 Å². The van der Waals surface area contributed by atoms with Crippen LogP contribution in [0.25, 0.3) is 0 Å². The summed E-state index contributed by atoms with van der Waals surface area (Å²) >= 11 is 0. The molecular weight excluding hydrogens is 384 g/mol. The number of nitrogens with one attached hydrogen (secondary N) is 1. The highest BCUT2D eigenvalue weighted by molar-refractivity contribution is 5.99. The molecule has 0 spiro atoms. The van der Waals surface area contributed by atoms with Gasteiger partial charge in [0.15, 0.2) is 0 Å². The van der Waals surface area contributed by atoms with Crippen LogP contribution in [0.3, 0.4) is 0 Å². The first-order chi connectivity index (χ1) is 15.2. The highest BCUT2D eigenvalue weighted by Crippen LogP contribution is 2.42. The predicted octanol–water partition coefficient (Wildman–Crippen LogP) is 5.78. The van der Waals surface area contributed by atoms with Crippen LogP contribution in [0.2, 0.25) is 0 Å². The molecule has 2 aromatic carbocycles. The third-order valence-corrected chi connectivity index (χ3v) is 7.13. The summed E-state index contributed by atoms with van der Waals surface area (Å²) in [5.74, 6) is 0.976. The summed E-state index contributed by atoms with van der Waals surface area (Å²) in [5, 5.41) is 3.16. The molecule has 0 radical (unpaired) electrons. The zero-order valence-electron chi connectivity index (χ0n) is 18.8. The number of carbonyl (C=O) groups is 1. The fraction of sp³-hybridized carbons (Fsp3) is 0.519. The number of likely N-dealkylation sites (tertiary alicyclic amines) is 1. The van der Waals surface area contributed by atoms with Crippen molar-refractivity contribution < 1.29 is 9.53 Å². The molecule has 0 unspecified atom stereocenters. The molecule has 1 aliphatic heterocycles. The second-order valence-corrected chi connectivity index (χ2v) is 9.22. The number of hydrogen-bond acceptors (Lipinski definition) is 3. The van der Waals surface area contributed by atoms with Crippen molar-refractivity contribution in [2.45, 2.75) is 69.7 Å². The summed E-state index contributed by atoms with van der Waals surface area (Å²) in [7, 11) is 0. The van der Waals surface area contributed by atoms with Crippen LogP contribution in [0, 0.1) is 0 Å². The lowest BCUT2D eigenvalue weighted by molar-refractivity contribution is -0.121. The fourth-order valence-corrected chi connectivity index (χ4v) is 5.22. The van der Waals surface area contributed by atoms with Crippen LogP contribution >= 0.6 is 0 Å². The van der Waals surface area contributed by atoms with Gasteiger partial charge in [0, 0.05) is 18.3 Å². The molecule has 166 valence electrons. The second kappa shape index (κ2) is 10.3. The Kier molecular flexibility index (Phi) is 7.29. The maximum atomic E-state index is 13.3. The number of ether oxygens (including phenoxy) is 1. The highest BCUT2D eigenvalue weighted by atomic mass is 16.5. The normalized spacial score (nSPS) is 21.0. The number of piperidine rings is 1. The van der Waals surface area contributed by atoms with Gasteiger partial charge in [-0.05, 0) is 75.4 Å². The number of nitrogens with zero attached hydrogens (tertiary/aromatic N) is 1. The van der Waals surface area contributed by atoms with Gasteiger partial charge in [0.1, 0.15) is 5.75 Å². The van der Waals surface area contributed by atoms with Crippen LogP contribution in [0.1, 0.15) is 63.9 Å². The monoisotopic (exact) mass is 420 g/mol. The van der Waals surface area contributed by atoms with Gasteiger partial charge in [-0.1, -0.05) is 49.6 Å². The lowest BCUT2D eigenvalue weighted by atomic mass is 9.78. The van der Waals surface area contributed by atoms with Crippen molar-refractivity contribution in [1.29, 1.82) is 0 Å². The molecule has 4 nitrogen and oxygen atoms in total. The minimum absolute atomic E-state index is 0.112. The number of rotatable bonds is 8. The first-order valence-electron chi connectivity index (χ1n) is 12.0. The van der Waals surface area contributed by atoms with Crippen molar-refractivity contribution >= 4 is 11.6 Å². The molecule has 1 aliphatic carbocycles. The molecule has 1 saturated carbocycles. The van der Waals surface area contributed by atoms with E-state index in [1.165, 1.54) is 25.8 Å². The summed E-state index contributed by atoms with van der Waals surface area (Å²) in [6, 6.07) is 18.8. The van der Waals surface area contributed by atoms with E-state index in [2.05, 4.69) is 29.3 Å². The Hall–Kier alpha value is -2.33. The lowest BCUT2D eigenvalue weighted by Crippen LogP contribution is -2.38. The largest absolute Gasteiger partial charge is 0.494 e. The standard InChI is InChI=1S/C27H36N2O2/c1-22-10-5-8-19-29(22)20-9-21-31-25-15-13-24(14-16-25)28-26(30)27(17-6-7-18-27)23-11-3-2-4-12-23/h2-4,11-16,22H,5-10,17-21H2,1H3,(H,28,30)/t22-/m1/s1. The van der Waals surface area contributed by atoms with E-state index in [1.54, 1.807) is 0 Å². The third-order valence-electron chi connectivity index (χ3n) is 7.13. The van der Waals surface area contributed by atoms with Crippen molar-refractivity contribution in [3.63, 3.8) is 0 Å². The lowest BCUT2D eigenvalue weighted by Gasteiger charge is -2.33. The quantitative estimate of drug-likeness (QED) is 0.550. The Morgan fingerprint density at radius 3 is 2.48 bits per heavy atom. The van der Waals surface area contributed by atoms with Gasteiger partial charge in [0.2, 0.25) is 5.91 Å². The van der Waals surface area contributed by atoms with E-state index in [-0.39, 0.29) is 5.91 Å². The molecule has 1 atom stereocenters. The molecule has 4 rings (SSSR count). The summed E-state index contributed by atoms with van der Waals surface area (Å²) in [6.07, 6.45) is 9.09. The molecule has 2 aromatic rings. The molecule has 1 saturated heterocycles. The van der Waals surface area contributed by atoms with Crippen molar-refractivity contribution in [1.82, 2.24) is 4.90 Å². The molecule has 0 bridgehead atoms. The smallest absolute Gasteiger partial charge is 0.235 e. The van der Waals surface area contributed by atoms with Gasteiger partial charge in [-0.15, -0.1) is 0 Å². The number of benzene rings is 2. The van der Waals surface area contributed by atoms with E-state index in [9.17, 15) is 4.79 Å². The van der Waals surface area contributed by atoms with Crippen LogP contribution < -0.4 is 10.1 Å². The minimum atomic E-state index is -0.401. The molecule has 1 N–H and O–H groups in total. The van der Waals surface area contributed by atoms with E-state index in [1.807, 2.05) is 42.5 Å². The first kappa shape index (κ1) is 21.9. The van der Waals surface area contributed by atoms with Crippen molar-refractivity contribution in [3.05, 3.63) is 60.2 Å². The highest BCUT2D eigenvalue weighted by Gasteiger charge is 2.42. The van der Waals surface area contributed by atoms with Gasteiger partial charge in [-0.2, -0.15) is 0 Å². The van der Waals surface area contributed by atoms with E-state index < -0.39 is 5.41 Å². The molecule has 1 amide bonds. The maximum Gasteiger partial charge on any atom is 0.235 e. The molecule has 0 aromatic heterocycles. The maximum absolute atomic E-state index is 13.3. The predicted molar refractivity (Wildman–Crippen MR) is 127 cm³/mol. The Labute approximate surface area is 187 Å². The van der Waals surface area contributed by atoms with Crippen molar-refractivity contribution in [2.75, 3.05) is 25.0 Å². The molecule has 2 fully saturated rings. The number of amides is 1. The van der Waals surface area contributed by atoms with Crippen LogP contribution in [0.4, 0.5) is 5.69 Å². The summed E-state index contributed by atoms with van der Waals surface area (Å²) < 4.78 is 5.94. The first-order valence-corrected chi connectivity index (χ1v) is 12.0. The van der Waals surface area contributed by atoms with Gasteiger partial charge in [-0.3, -0.25) is 4.79 Å². The number of anilines is 1. The summed E-state index contributed by atoms with van der Waals surface area (Å²) in [4.78, 5) is 15.8. The average Bonchev–Trinajstić information content (AvgIpc) is 3.31. The van der Waals surface area contributed by atoms with Gasteiger partial charge in [0.25, 0.3) is 0 Å². The van der Waals surface area contributed by atoms with E-state index in [0.29, 0.717) is 6.04 Å². The van der Waals surface area contributed by atoms with Crippen LogP contribution in [-0.4, -0.2) is 36.5 Å². The van der Waals surface area contributed by atoms with Crippen LogP contribution in [-0.2, 0) is 10.2 Å². The zero-order chi connectivity index (χ0) is 21.5. The topological polar surface area (TPSA) is 41.6 Å². The second-order valence-electron chi connectivity index (χ2n) is 9.22. The molecule has 1 heterocycles. The Balaban J connectivity index is 1.28. The number of carbonyl (C=O) groups excluding carboxylic acids is 1. The Morgan fingerprint density at radius 2 is 1.77 bits per heavy atom. The Morgan fingerprint density at radius 1 is 1.03 bits per heavy atom. The molecule has 4 heteroatoms. The summed E-state index contributed by atoms with van der Waals surface area (Å²) in [5.41, 5.74) is 1.57. The van der Waals surface area contributed by atoms with Gasteiger partial charge in [-0.25, -0.2) is 0 Å². The zero-order valence-corrected chi connectivity index (χ0v) is 18.8. The summed E-state index contributed by atoms with van der Waals surface area (Å²) in [6.45, 7) is 5.39. The molecular formula is C27H36N2O2. The van der Waals surface area contributed by atoms with Gasteiger partial charge < -0.3 is 15.0 Å². The Bertz CT molecular complexity index is 828.